The highest BCUT2D eigenvalue weighted by Gasteiger charge is 2.13. The molecule has 0 aliphatic carbocycles. The van der Waals surface area contributed by atoms with Crippen LogP contribution in [0.25, 0.3) is 11.1 Å². The first-order valence-electron chi connectivity index (χ1n) is 4.84. The predicted octanol–water partition coefficient (Wildman–Crippen LogP) is 4.20. The van der Waals surface area contributed by atoms with Crippen molar-refractivity contribution in [3.05, 3.63) is 51.2 Å². The van der Waals surface area contributed by atoms with E-state index in [0.29, 0.717) is 32.0 Å². The van der Waals surface area contributed by atoms with Gasteiger partial charge in [0, 0.05) is 21.2 Å². The molecule has 0 bridgehead atoms. The summed E-state index contributed by atoms with van der Waals surface area (Å²) >= 11 is 18.0. The summed E-state index contributed by atoms with van der Waals surface area (Å²) in [6, 6.07) is 8.61. The molecule has 0 saturated heterocycles. The summed E-state index contributed by atoms with van der Waals surface area (Å²) in [7, 11) is 0. The van der Waals surface area contributed by atoms with Crippen molar-refractivity contribution in [2.45, 2.75) is 6.61 Å². The molecule has 0 spiro atoms. The quantitative estimate of drug-likeness (QED) is 0.840. The van der Waals surface area contributed by atoms with Gasteiger partial charge >= 0.3 is 0 Å². The van der Waals surface area contributed by atoms with Gasteiger partial charge in [0.15, 0.2) is 0 Å². The third-order valence-corrected chi connectivity index (χ3v) is 3.16. The van der Waals surface area contributed by atoms with E-state index in [0.717, 1.165) is 0 Å². The first kappa shape index (κ1) is 12.7. The Hall–Kier alpha value is -0.800. The molecule has 1 N–H and O–H groups in total. The van der Waals surface area contributed by atoms with Gasteiger partial charge in [-0.05, 0) is 24.3 Å². The Morgan fingerprint density at radius 3 is 2.24 bits per heavy atom. The minimum Gasteiger partial charge on any atom is -0.390 e. The zero-order chi connectivity index (χ0) is 12.4. The van der Waals surface area contributed by atoms with Gasteiger partial charge in [-0.1, -0.05) is 40.9 Å². The third-order valence-electron chi connectivity index (χ3n) is 2.32. The van der Waals surface area contributed by atoms with E-state index in [-0.39, 0.29) is 6.61 Å². The summed E-state index contributed by atoms with van der Waals surface area (Å²) in [6.45, 7) is -0.225. The zero-order valence-electron chi connectivity index (χ0n) is 8.62. The SMILES string of the molecule is OCc1nc(Cl)ccc1-c1c(Cl)cccc1Cl. The minimum absolute atomic E-state index is 0.225. The third kappa shape index (κ3) is 2.55. The lowest BCUT2D eigenvalue weighted by molar-refractivity contribution is 0.277. The van der Waals surface area contributed by atoms with Crippen LogP contribution in [0.2, 0.25) is 15.2 Å². The molecule has 0 fully saturated rings. The topological polar surface area (TPSA) is 33.1 Å². The number of hydrogen-bond donors (Lipinski definition) is 1. The van der Waals surface area contributed by atoms with Crippen LogP contribution in [0, 0.1) is 0 Å². The highest BCUT2D eigenvalue weighted by molar-refractivity contribution is 6.39. The number of aliphatic hydroxyl groups excluding tert-OH is 1. The Balaban J connectivity index is 2.68. The molecular formula is C12H8Cl3NO. The average molecular weight is 289 g/mol. The lowest BCUT2D eigenvalue weighted by atomic mass is 10.0. The highest BCUT2D eigenvalue weighted by Crippen LogP contribution is 2.36. The number of rotatable bonds is 2. The molecule has 5 heteroatoms. The van der Waals surface area contributed by atoms with Gasteiger partial charge in [-0.3, -0.25) is 0 Å². The number of halogens is 3. The van der Waals surface area contributed by atoms with Crippen LogP contribution in [-0.2, 0) is 6.61 Å². The van der Waals surface area contributed by atoms with Gasteiger partial charge in [-0.25, -0.2) is 4.98 Å². The van der Waals surface area contributed by atoms with Crippen molar-refractivity contribution in [1.29, 1.82) is 0 Å². The molecule has 0 aliphatic rings. The number of aromatic nitrogens is 1. The second-order valence-corrected chi connectivity index (χ2v) is 4.58. The lowest BCUT2D eigenvalue weighted by Gasteiger charge is -2.10. The normalized spacial score (nSPS) is 10.6. The number of hydrogen-bond acceptors (Lipinski definition) is 2. The van der Waals surface area contributed by atoms with Crippen LogP contribution in [0.15, 0.2) is 30.3 Å². The van der Waals surface area contributed by atoms with Gasteiger partial charge in [0.1, 0.15) is 5.15 Å². The highest BCUT2D eigenvalue weighted by atomic mass is 35.5. The van der Waals surface area contributed by atoms with Crippen LogP contribution in [0.5, 0.6) is 0 Å². The summed E-state index contributed by atoms with van der Waals surface area (Å²) in [4.78, 5) is 4.05. The maximum absolute atomic E-state index is 9.28. The van der Waals surface area contributed by atoms with Crippen molar-refractivity contribution in [2.24, 2.45) is 0 Å². The van der Waals surface area contributed by atoms with Crippen molar-refractivity contribution in [3.8, 4) is 11.1 Å². The smallest absolute Gasteiger partial charge is 0.129 e. The molecule has 2 nitrogen and oxygen atoms in total. The van der Waals surface area contributed by atoms with Gasteiger partial charge in [0.05, 0.1) is 12.3 Å². The summed E-state index contributed by atoms with van der Waals surface area (Å²) < 4.78 is 0. The number of benzene rings is 1. The average Bonchev–Trinajstić information content (AvgIpc) is 2.30. The molecule has 1 heterocycles. The van der Waals surface area contributed by atoms with Crippen LogP contribution in [-0.4, -0.2) is 10.1 Å². The van der Waals surface area contributed by atoms with Gasteiger partial charge in [-0.2, -0.15) is 0 Å². The molecule has 0 unspecified atom stereocenters. The molecule has 2 aromatic rings. The fourth-order valence-corrected chi connectivity index (χ4v) is 2.34. The van der Waals surface area contributed by atoms with Crippen molar-refractivity contribution in [2.75, 3.05) is 0 Å². The fourth-order valence-electron chi connectivity index (χ4n) is 1.58. The molecule has 0 atom stereocenters. The van der Waals surface area contributed by atoms with Crippen LogP contribution in [0.3, 0.4) is 0 Å². The number of pyridine rings is 1. The molecule has 0 aliphatic heterocycles. The van der Waals surface area contributed by atoms with E-state index >= 15 is 0 Å². The van der Waals surface area contributed by atoms with E-state index in [1.165, 1.54) is 0 Å². The fraction of sp³-hybridized carbons (Fsp3) is 0.0833. The lowest BCUT2D eigenvalue weighted by Crippen LogP contribution is -1.95. The van der Waals surface area contributed by atoms with Gasteiger partial charge in [0.2, 0.25) is 0 Å². The Labute approximate surface area is 114 Å². The first-order valence-corrected chi connectivity index (χ1v) is 5.97. The maximum Gasteiger partial charge on any atom is 0.129 e. The number of nitrogens with zero attached hydrogens (tertiary/aromatic N) is 1. The van der Waals surface area contributed by atoms with Crippen molar-refractivity contribution in [1.82, 2.24) is 4.98 Å². The monoisotopic (exact) mass is 287 g/mol. The largest absolute Gasteiger partial charge is 0.390 e. The van der Waals surface area contributed by atoms with Crippen molar-refractivity contribution in [3.63, 3.8) is 0 Å². The second-order valence-electron chi connectivity index (χ2n) is 3.38. The Morgan fingerprint density at radius 2 is 1.65 bits per heavy atom. The summed E-state index contributed by atoms with van der Waals surface area (Å²) in [5.41, 5.74) is 1.80. The van der Waals surface area contributed by atoms with E-state index < -0.39 is 0 Å². The van der Waals surface area contributed by atoms with Crippen molar-refractivity contribution >= 4 is 34.8 Å². The Bertz CT molecular complexity index is 537. The van der Waals surface area contributed by atoms with E-state index in [1.807, 2.05) is 0 Å². The van der Waals surface area contributed by atoms with Gasteiger partial charge in [0.25, 0.3) is 0 Å². The Morgan fingerprint density at radius 1 is 1.00 bits per heavy atom. The summed E-state index contributed by atoms with van der Waals surface area (Å²) in [6.07, 6.45) is 0. The summed E-state index contributed by atoms with van der Waals surface area (Å²) in [5.74, 6) is 0. The van der Waals surface area contributed by atoms with E-state index in [4.69, 9.17) is 34.8 Å². The summed E-state index contributed by atoms with van der Waals surface area (Å²) in [5, 5.41) is 10.6. The molecule has 2 rings (SSSR count). The van der Waals surface area contributed by atoms with Crippen LogP contribution in [0.4, 0.5) is 0 Å². The molecule has 88 valence electrons. The van der Waals surface area contributed by atoms with E-state index in [1.54, 1.807) is 30.3 Å². The van der Waals surface area contributed by atoms with E-state index in [2.05, 4.69) is 4.98 Å². The van der Waals surface area contributed by atoms with Crippen LogP contribution in [0.1, 0.15) is 5.69 Å². The number of aliphatic hydroxyl groups is 1. The molecule has 0 radical (unpaired) electrons. The predicted molar refractivity (Wildman–Crippen MR) is 70.6 cm³/mol. The van der Waals surface area contributed by atoms with E-state index in [9.17, 15) is 5.11 Å². The van der Waals surface area contributed by atoms with Gasteiger partial charge < -0.3 is 5.11 Å². The molecule has 1 aromatic carbocycles. The maximum atomic E-state index is 9.28. The van der Waals surface area contributed by atoms with Crippen LogP contribution < -0.4 is 0 Å². The molecular weight excluding hydrogens is 280 g/mol. The van der Waals surface area contributed by atoms with Crippen molar-refractivity contribution < 1.29 is 5.11 Å². The second kappa shape index (κ2) is 5.23. The molecule has 17 heavy (non-hydrogen) atoms. The first-order chi connectivity index (χ1) is 8.13. The molecule has 1 aromatic heterocycles. The zero-order valence-corrected chi connectivity index (χ0v) is 10.9. The Kier molecular flexibility index (Phi) is 3.89. The minimum atomic E-state index is -0.225. The molecule has 0 amide bonds. The van der Waals surface area contributed by atoms with Crippen LogP contribution >= 0.6 is 34.8 Å². The van der Waals surface area contributed by atoms with Gasteiger partial charge in [-0.15, -0.1) is 0 Å². The molecule has 0 saturated carbocycles. The standard InChI is InChI=1S/C12H8Cl3NO/c13-8-2-1-3-9(14)12(8)7-4-5-11(15)16-10(7)6-17/h1-5,17H,6H2.